The number of hydrogen-bond acceptors (Lipinski definition) is 2. The van der Waals surface area contributed by atoms with Crippen molar-refractivity contribution in [3.05, 3.63) is 71.9 Å². The molecule has 2 heterocycles. The third-order valence-corrected chi connectivity index (χ3v) is 15.1. The van der Waals surface area contributed by atoms with Crippen molar-refractivity contribution < 1.29 is 5.11 Å². The van der Waals surface area contributed by atoms with Gasteiger partial charge in [-0.3, -0.25) is 0 Å². The van der Waals surface area contributed by atoms with Crippen molar-refractivity contribution in [2.24, 2.45) is 0 Å². The summed E-state index contributed by atoms with van der Waals surface area (Å²) in [6.07, 6.45) is 2.74. The minimum atomic E-state index is -1.81. The number of nitrogens with zero attached hydrogens (tertiary/aromatic N) is 1. The molecular weight excluding hydrogens is 408 g/mol. The van der Waals surface area contributed by atoms with Gasteiger partial charge in [0.25, 0.3) is 0 Å². The van der Waals surface area contributed by atoms with Gasteiger partial charge in [0.05, 0.1) is 6.10 Å². The average Bonchev–Trinajstić information content (AvgIpc) is 3.42. The van der Waals surface area contributed by atoms with Gasteiger partial charge in [-0.25, -0.2) is 0 Å². The second kappa shape index (κ2) is 8.81. The summed E-state index contributed by atoms with van der Waals surface area (Å²) in [6, 6.07) is 19.5. The molecule has 0 saturated carbocycles. The average molecular weight is 449 g/mol. The summed E-state index contributed by atoms with van der Waals surface area (Å²) in [4.78, 5) is 0. The van der Waals surface area contributed by atoms with Gasteiger partial charge in [-0.05, 0) is 70.5 Å². The largest absolute Gasteiger partial charge is 0.387 e. The van der Waals surface area contributed by atoms with Crippen LogP contribution in [0.5, 0.6) is 0 Å². The van der Waals surface area contributed by atoms with Gasteiger partial charge in [0.1, 0.15) is 0 Å². The first kappa shape index (κ1) is 23.3. The van der Waals surface area contributed by atoms with Crippen LogP contribution in [-0.4, -0.2) is 30.7 Å². The summed E-state index contributed by atoms with van der Waals surface area (Å²) in [6.45, 7) is 16.2. The quantitative estimate of drug-likeness (QED) is 0.398. The monoisotopic (exact) mass is 448 g/mol. The first-order chi connectivity index (χ1) is 15.2. The molecule has 2 unspecified atom stereocenters. The Balaban J connectivity index is 1.79. The van der Waals surface area contributed by atoms with Crippen LogP contribution in [0.4, 0.5) is 0 Å². The molecule has 1 fully saturated rings. The Labute approximate surface area is 194 Å². The lowest BCUT2D eigenvalue weighted by Crippen LogP contribution is -2.51. The van der Waals surface area contributed by atoms with Gasteiger partial charge in [-0.15, -0.1) is 0 Å². The SMILES string of the molecule is CC(C)[Si](C(C)C)(C(C)C)n1ccc2cc(C(O)C3(c4ccccc4)CCNC3)ccc21. The summed E-state index contributed by atoms with van der Waals surface area (Å²) >= 11 is 0. The van der Waals surface area contributed by atoms with E-state index in [1.54, 1.807) is 0 Å². The second-order valence-corrected chi connectivity index (χ2v) is 16.4. The van der Waals surface area contributed by atoms with Gasteiger partial charge in [0, 0.05) is 17.5 Å². The highest BCUT2D eigenvalue weighted by Gasteiger charge is 2.46. The molecule has 0 aliphatic carbocycles. The molecule has 4 rings (SSSR count). The smallest absolute Gasteiger partial charge is 0.169 e. The second-order valence-electron chi connectivity index (χ2n) is 10.7. The Hall–Kier alpha value is -1.88. The fourth-order valence-corrected chi connectivity index (χ4v) is 13.6. The highest BCUT2D eigenvalue weighted by atomic mass is 28.3. The third-order valence-electron chi connectivity index (χ3n) is 8.28. The fourth-order valence-electron chi connectivity index (χ4n) is 6.94. The fraction of sp³-hybridized carbons (Fsp3) is 0.500. The molecule has 2 N–H and O–H groups in total. The molecule has 2 aromatic carbocycles. The van der Waals surface area contributed by atoms with Crippen LogP contribution in [0.15, 0.2) is 60.8 Å². The van der Waals surface area contributed by atoms with Crippen LogP contribution in [0.25, 0.3) is 10.9 Å². The lowest BCUT2D eigenvalue weighted by Gasteiger charge is -2.44. The van der Waals surface area contributed by atoms with E-state index in [0.29, 0.717) is 16.6 Å². The first-order valence-electron chi connectivity index (χ1n) is 12.3. The van der Waals surface area contributed by atoms with E-state index >= 15 is 0 Å². The number of aliphatic hydroxyl groups is 1. The van der Waals surface area contributed by atoms with E-state index in [1.807, 2.05) is 0 Å². The molecule has 1 aromatic heterocycles. The minimum absolute atomic E-state index is 0.274. The zero-order valence-corrected chi connectivity index (χ0v) is 21.6. The van der Waals surface area contributed by atoms with Crippen molar-refractivity contribution in [1.29, 1.82) is 0 Å². The number of hydrogen-bond donors (Lipinski definition) is 2. The zero-order chi connectivity index (χ0) is 23.1. The highest BCUT2D eigenvalue weighted by molar-refractivity contribution is 6.82. The van der Waals surface area contributed by atoms with Crippen molar-refractivity contribution in [1.82, 2.24) is 9.55 Å². The summed E-state index contributed by atoms with van der Waals surface area (Å²) in [5.41, 5.74) is 5.23. The van der Waals surface area contributed by atoms with Gasteiger partial charge < -0.3 is 14.7 Å². The van der Waals surface area contributed by atoms with E-state index < -0.39 is 14.3 Å². The molecule has 0 bridgehead atoms. The number of fused-ring (bicyclic) bond motifs is 1. The molecule has 1 aliphatic rings. The summed E-state index contributed by atoms with van der Waals surface area (Å²) in [5, 5.41) is 16.4. The van der Waals surface area contributed by atoms with Crippen LogP contribution in [0.1, 0.15) is 65.2 Å². The van der Waals surface area contributed by atoms with E-state index in [4.69, 9.17) is 0 Å². The summed E-state index contributed by atoms with van der Waals surface area (Å²) < 4.78 is 2.66. The maximum Gasteiger partial charge on any atom is 0.169 e. The maximum absolute atomic E-state index is 11.7. The number of aliphatic hydroxyl groups excluding tert-OH is 1. The highest BCUT2D eigenvalue weighted by Crippen LogP contribution is 2.46. The van der Waals surface area contributed by atoms with Crippen LogP contribution in [-0.2, 0) is 5.41 Å². The molecule has 32 heavy (non-hydrogen) atoms. The number of nitrogens with one attached hydrogen (secondary N) is 1. The van der Waals surface area contributed by atoms with Crippen LogP contribution in [0.2, 0.25) is 16.6 Å². The Morgan fingerprint density at radius 1 is 0.906 bits per heavy atom. The molecule has 1 saturated heterocycles. The predicted octanol–water partition coefficient (Wildman–Crippen LogP) is 6.63. The minimum Gasteiger partial charge on any atom is -0.387 e. The maximum atomic E-state index is 11.7. The zero-order valence-electron chi connectivity index (χ0n) is 20.6. The topological polar surface area (TPSA) is 37.2 Å². The molecule has 0 amide bonds. The van der Waals surface area contributed by atoms with E-state index in [0.717, 1.165) is 25.1 Å². The molecule has 172 valence electrons. The van der Waals surface area contributed by atoms with Gasteiger partial charge >= 0.3 is 0 Å². The Bertz CT molecular complexity index is 1030. The summed E-state index contributed by atoms with van der Waals surface area (Å²) in [5.74, 6) is 0. The van der Waals surface area contributed by atoms with E-state index in [-0.39, 0.29) is 5.41 Å². The van der Waals surface area contributed by atoms with E-state index in [2.05, 4.69) is 112 Å². The van der Waals surface area contributed by atoms with Crippen molar-refractivity contribution in [3.8, 4) is 0 Å². The third kappa shape index (κ3) is 3.48. The van der Waals surface area contributed by atoms with Crippen LogP contribution >= 0.6 is 0 Å². The molecule has 3 nitrogen and oxygen atoms in total. The van der Waals surface area contributed by atoms with Crippen LogP contribution in [0.3, 0.4) is 0 Å². The van der Waals surface area contributed by atoms with Gasteiger partial charge in [-0.1, -0.05) is 77.9 Å². The Kier molecular flexibility index (Phi) is 6.41. The molecule has 2 atom stereocenters. The number of rotatable bonds is 7. The Morgan fingerprint density at radius 2 is 1.56 bits per heavy atom. The molecule has 1 aliphatic heterocycles. The van der Waals surface area contributed by atoms with E-state index in [1.165, 1.54) is 16.5 Å². The Morgan fingerprint density at radius 3 is 2.12 bits per heavy atom. The number of benzene rings is 2. The molecule has 0 spiro atoms. The van der Waals surface area contributed by atoms with Crippen molar-refractivity contribution in [3.63, 3.8) is 0 Å². The summed E-state index contributed by atoms with van der Waals surface area (Å²) in [7, 11) is -1.81. The predicted molar refractivity (Wildman–Crippen MR) is 139 cm³/mol. The van der Waals surface area contributed by atoms with Crippen molar-refractivity contribution in [2.45, 2.75) is 76.1 Å². The molecular formula is C28H40N2OSi. The van der Waals surface area contributed by atoms with Crippen LogP contribution < -0.4 is 5.32 Å². The van der Waals surface area contributed by atoms with Gasteiger partial charge in [0.2, 0.25) is 0 Å². The lowest BCUT2D eigenvalue weighted by atomic mass is 9.72. The molecule has 3 aromatic rings. The van der Waals surface area contributed by atoms with Crippen LogP contribution in [0, 0.1) is 0 Å². The molecule has 4 heteroatoms. The molecule has 0 radical (unpaired) electrons. The van der Waals surface area contributed by atoms with E-state index in [9.17, 15) is 5.11 Å². The number of aromatic nitrogens is 1. The van der Waals surface area contributed by atoms with Gasteiger partial charge in [-0.2, -0.15) is 0 Å². The van der Waals surface area contributed by atoms with Crippen molar-refractivity contribution >= 4 is 19.1 Å². The van der Waals surface area contributed by atoms with Gasteiger partial charge in [0.15, 0.2) is 8.24 Å². The first-order valence-corrected chi connectivity index (χ1v) is 14.5. The van der Waals surface area contributed by atoms with Crippen molar-refractivity contribution in [2.75, 3.05) is 13.1 Å². The standard InChI is InChI=1S/C28H40N2OSi/c1-20(2)32(21(3)4,22(5)6)30-17-14-23-18-24(12-13-26(23)30)27(31)28(15-16-29-19-28)25-10-8-7-9-11-25/h7-14,17-18,20-22,27,29,31H,15-16,19H2,1-6H3. The lowest BCUT2D eigenvalue weighted by molar-refractivity contribution is 0.0901. The normalized spacial score (nSPS) is 20.7.